The third-order valence-corrected chi connectivity index (χ3v) is 10.5. The summed E-state index contributed by atoms with van der Waals surface area (Å²) in [6, 6.07) is 11.3. The fraction of sp³-hybridized carbons (Fsp3) is 0.143. The first-order valence-corrected chi connectivity index (χ1v) is 15.9. The van der Waals surface area contributed by atoms with Crippen LogP contribution in [-0.2, 0) is 48.3 Å². The van der Waals surface area contributed by atoms with Crippen molar-refractivity contribution in [2.24, 2.45) is 7.05 Å². The van der Waals surface area contributed by atoms with Crippen LogP contribution in [0.4, 0.5) is 5.69 Å². The molecule has 4 aromatic rings. The van der Waals surface area contributed by atoms with Gasteiger partial charge in [0.15, 0.2) is 9.84 Å². The van der Waals surface area contributed by atoms with E-state index in [4.69, 9.17) is 23.2 Å². The fourth-order valence-electron chi connectivity index (χ4n) is 3.33. The van der Waals surface area contributed by atoms with Gasteiger partial charge in [0.2, 0.25) is 19.9 Å². The van der Waals surface area contributed by atoms with Crippen LogP contribution in [-0.4, -0.2) is 45.0 Å². The molecule has 0 aliphatic rings. The van der Waals surface area contributed by atoms with Crippen LogP contribution in [0.1, 0.15) is 11.6 Å². The number of nitrogens with one attached hydrogen (secondary N) is 2. The normalized spacial score (nSPS) is 12.5. The van der Waals surface area contributed by atoms with Gasteiger partial charge in [-0.25, -0.2) is 25.3 Å². The number of anilines is 1. The van der Waals surface area contributed by atoms with Gasteiger partial charge < -0.3 is 9.55 Å². The van der Waals surface area contributed by atoms with Crippen molar-refractivity contribution in [3.05, 3.63) is 82.6 Å². The molecule has 0 aliphatic carbocycles. The van der Waals surface area contributed by atoms with E-state index in [0.29, 0.717) is 10.0 Å². The predicted octanol–water partition coefficient (Wildman–Crippen LogP) is 3.20. The number of aromatic nitrogens is 4. The topological polar surface area (TPSA) is 161 Å². The van der Waals surface area contributed by atoms with Crippen molar-refractivity contribution in [1.29, 1.82) is 0 Å². The third-order valence-electron chi connectivity index (χ3n) is 5.23. The molecule has 2 N–H and O–H groups in total. The highest BCUT2D eigenvalue weighted by atomic mass is 35.5. The Morgan fingerprint density at radius 3 is 1.89 bits per heavy atom. The summed E-state index contributed by atoms with van der Waals surface area (Å²) in [4.78, 5) is 1.51. The standard InChI is InChI=1S/C21H19Cl2N5O6S3/c1-28-20(25-26-21(28)13-36(31,32)27-16-6-2-14(22)3-7-16)12-35(29,30)18-10-24-11-19(18)37(33,34)17-8-4-15(23)5-9-17/h2-11,24,27H,12-13H2,1H3. The zero-order valence-electron chi connectivity index (χ0n) is 19.0. The first kappa shape index (κ1) is 27.1. The van der Waals surface area contributed by atoms with E-state index in [1.165, 1.54) is 60.1 Å². The first-order chi connectivity index (χ1) is 17.3. The van der Waals surface area contributed by atoms with Crippen molar-refractivity contribution in [2.45, 2.75) is 26.2 Å². The summed E-state index contributed by atoms with van der Waals surface area (Å²) >= 11 is 11.6. The van der Waals surface area contributed by atoms with Gasteiger partial charge in [-0.3, -0.25) is 4.72 Å². The van der Waals surface area contributed by atoms with E-state index in [2.05, 4.69) is 19.9 Å². The minimum absolute atomic E-state index is 0.0188. The molecule has 0 unspecified atom stereocenters. The lowest BCUT2D eigenvalue weighted by molar-refractivity contribution is 0.581. The Balaban J connectivity index is 1.57. The smallest absolute Gasteiger partial charge is 0.240 e. The highest BCUT2D eigenvalue weighted by Gasteiger charge is 2.31. The van der Waals surface area contributed by atoms with Crippen molar-refractivity contribution >= 4 is 58.6 Å². The third kappa shape index (κ3) is 5.99. The highest BCUT2D eigenvalue weighted by molar-refractivity contribution is 7.94. The average molecular weight is 605 g/mol. The summed E-state index contributed by atoms with van der Waals surface area (Å²) in [6.45, 7) is 0. The number of sulfone groups is 2. The van der Waals surface area contributed by atoms with Crippen LogP contribution >= 0.6 is 23.2 Å². The van der Waals surface area contributed by atoms with Crippen molar-refractivity contribution < 1.29 is 25.3 Å². The van der Waals surface area contributed by atoms with E-state index in [1.54, 1.807) is 0 Å². The van der Waals surface area contributed by atoms with Crippen LogP contribution in [0.5, 0.6) is 0 Å². The molecule has 196 valence electrons. The Kier molecular flexibility index (Phi) is 7.41. The summed E-state index contributed by atoms with van der Waals surface area (Å²) in [5, 5.41) is 8.40. The Morgan fingerprint density at radius 1 is 0.784 bits per heavy atom. The molecule has 0 fully saturated rings. The summed E-state index contributed by atoms with van der Waals surface area (Å²) in [5.74, 6) is -1.40. The molecule has 0 spiro atoms. The molecule has 2 aromatic heterocycles. The SMILES string of the molecule is Cn1c(CS(=O)(=O)Nc2ccc(Cl)cc2)nnc1CS(=O)(=O)c1c[nH]cc1S(=O)(=O)c1ccc(Cl)cc1. The van der Waals surface area contributed by atoms with Crippen LogP contribution < -0.4 is 4.72 Å². The molecule has 11 nitrogen and oxygen atoms in total. The second-order valence-electron chi connectivity index (χ2n) is 7.86. The number of hydrogen-bond acceptors (Lipinski definition) is 8. The van der Waals surface area contributed by atoms with Crippen molar-refractivity contribution in [3.63, 3.8) is 0 Å². The van der Waals surface area contributed by atoms with Gasteiger partial charge in [0.05, 0.1) is 4.90 Å². The molecule has 0 bridgehead atoms. The van der Waals surface area contributed by atoms with E-state index >= 15 is 0 Å². The number of nitrogens with zero attached hydrogens (tertiary/aromatic N) is 3. The van der Waals surface area contributed by atoms with Gasteiger partial charge in [0, 0.05) is 35.2 Å². The molecule has 2 aromatic carbocycles. The summed E-state index contributed by atoms with van der Waals surface area (Å²) in [6.07, 6.45) is 2.14. The number of aromatic amines is 1. The molecule has 0 amide bonds. The van der Waals surface area contributed by atoms with Gasteiger partial charge in [-0.05, 0) is 48.5 Å². The molecular weight excluding hydrogens is 585 g/mol. The van der Waals surface area contributed by atoms with Gasteiger partial charge in [-0.15, -0.1) is 10.2 Å². The second kappa shape index (κ2) is 10.1. The van der Waals surface area contributed by atoms with Gasteiger partial charge in [0.25, 0.3) is 0 Å². The Hall–Kier alpha value is -2.91. The largest absolute Gasteiger partial charge is 0.365 e. The Labute approximate surface area is 223 Å². The quantitative estimate of drug-likeness (QED) is 0.295. The van der Waals surface area contributed by atoms with Crippen molar-refractivity contribution in [1.82, 2.24) is 19.7 Å². The minimum Gasteiger partial charge on any atom is -0.365 e. The van der Waals surface area contributed by atoms with Crippen LogP contribution in [0.3, 0.4) is 0 Å². The monoisotopic (exact) mass is 603 g/mol. The van der Waals surface area contributed by atoms with E-state index in [-0.39, 0.29) is 22.2 Å². The van der Waals surface area contributed by atoms with Crippen LogP contribution in [0, 0.1) is 0 Å². The van der Waals surface area contributed by atoms with Gasteiger partial charge in [-0.2, -0.15) is 0 Å². The molecule has 0 saturated carbocycles. The number of H-pyrrole nitrogens is 1. The zero-order valence-corrected chi connectivity index (χ0v) is 22.9. The Bertz CT molecular complexity index is 1760. The lowest BCUT2D eigenvalue weighted by Gasteiger charge is -2.09. The van der Waals surface area contributed by atoms with Crippen molar-refractivity contribution in [3.8, 4) is 0 Å². The lowest BCUT2D eigenvalue weighted by Crippen LogP contribution is -2.18. The molecule has 0 atom stereocenters. The Morgan fingerprint density at radius 2 is 1.30 bits per heavy atom. The van der Waals surface area contributed by atoms with E-state index in [1.807, 2.05) is 0 Å². The van der Waals surface area contributed by atoms with Crippen LogP contribution in [0.2, 0.25) is 10.0 Å². The molecule has 37 heavy (non-hydrogen) atoms. The second-order valence-corrected chi connectivity index (χ2v) is 14.3. The van der Waals surface area contributed by atoms with E-state index < -0.39 is 51.0 Å². The molecule has 0 radical (unpaired) electrons. The van der Waals surface area contributed by atoms with Crippen molar-refractivity contribution in [2.75, 3.05) is 4.72 Å². The fourth-order valence-corrected chi connectivity index (χ4v) is 8.11. The lowest BCUT2D eigenvalue weighted by atomic mass is 10.3. The van der Waals surface area contributed by atoms with Gasteiger partial charge in [0.1, 0.15) is 32.9 Å². The number of rotatable bonds is 9. The molecule has 4 rings (SSSR count). The summed E-state index contributed by atoms with van der Waals surface area (Å²) in [7, 11) is -10.9. The minimum atomic E-state index is -4.24. The van der Waals surface area contributed by atoms with Crippen LogP contribution in [0.15, 0.2) is 75.6 Å². The molecule has 16 heteroatoms. The van der Waals surface area contributed by atoms with Gasteiger partial charge in [-0.1, -0.05) is 23.2 Å². The number of halogens is 2. The van der Waals surface area contributed by atoms with Crippen LogP contribution in [0.25, 0.3) is 0 Å². The number of benzene rings is 2. The maximum absolute atomic E-state index is 13.2. The molecule has 0 aliphatic heterocycles. The highest BCUT2D eigenvalue weighted by Crippen LogP contribution is 2.29. The van der Waals surface area contributed by atoms with Gasteiger partial charge >= 0.3 is 0 Å². The maximum Gasteiger partial charge on any atom is 0.240 e. The summed E-state index contributed by atoms with van der Waals surface area (Å²) in [5.41, 5.74) is 0.288. The zero-order chi connectivity index (χ0) is 27.0. The predicted molar refractivity (Wildman–Crippen MR) is 137 cm³/mol. The maximum atomic E-state index is 13.2. The molecule has 0 saturated heterocycles. The molecular formula is C21H19Cl2N5O6S3. The van der Waals surface area contributed by atoms with E-state index in [9.17, 15) is 25.3 Å². The number of sulfonamides is 1. The summed E-state index contributed by atoms with van der Waals surface area (Å²) < 4.78 is 81.3. The average Bonchev–Trinajstić information content (AvgIpc) is 3.45. The molecule has 2 heterocycles. The number of hydrogen-bond donors (Lipinski definition) is 2. The first-order valence-electron chi connectivity index (χ1n) is 10.3. The van der Waals surface area contributed by atoms with E-state index in [0.717, 1.165) is 12.4 Å².